The van der Waals surface area contributed by atoms with Crippen molar-refractivity contribution < 1.29 is 4.79 Å². The number of carbonyl (C=O) groups excluding carboxylic acids is 1. The molecule has 1 amide bonds. The molecule has 0 aromatic heterocycles. The Kier molecular flexibility index (Phi) is 6.40. The van der Waals surface area contributed by atoms with Crippen LogP contribution >= 0.6 is 0 Å². The van der Waals surface area contributed by atoms with Gasteiger partial charge in [0.1, 0.15) is 0 Å². The summed E-state index contributed by atoms with van der Waals surface area (Å²) in [6.07, 6.45) is 10.5. The van der Waals surface area contributed by atoms with Crippen LogP contribution in [0.3, 0.4) is 0 Å². The Morgan fingerprint density at radius 2 is 2.05 bits per heavy atom. The van der Waals surface area contributed by atoms with Crippen LogP contribution in [0.2, 0.25) is 0 Å². The number of allylic oxidation sites excluding steroid dienone is 2. The van der Waals surface area contributed by atoms with E-state index in [4.69, 9.17) is 0 Å². The first-order valence-electron chi connectivity index (χ1n) is 7.05. The third kappa shape index (κ3) is 4.93. The number of nitrogens with zero attached hydrogens (tertiary/aromatic N) is 1. The van der Waals surface area contributed by atoms with Gasteiger partial charge in [-0.25, -0.2) is 0 Å². The van der Waals surface area contributed by atoms with Gasteiger partial charge in [-0.1, -0.05) is 31.6 Å². The van der Waals surface area contributed by atoms with Crippen molar-refractivity contribution in [3.05, 3.63) is 36.1 Å². The topological polar surface area (TPSA) is 32.3 Å². The van der Waals surface area contributed by atoms with Gasteiger partial charge < -0.3 is 10.2 Å². The Hall–Kier alpha value is -1.51. The van der Waals surface area contributed by atoms with E-state index < -0.39 is 0 Å². The average Bonchev–Trinajstić information content (AvgIpc) is 2.91. The molecular weight excluding hydrogens is 236 g/mol. The number of rotatable bonds is 6. The molecule has 19 heavy (non-hydrogen) atoms. The van der Waals surface area contributed by atoms with Crippen molar-refractivity contribution in [1.29, 1.82) is 0 Å². The summed E-state index contributed by atoms with van der Waals surface area (Å²) >= 11 is 0. The third-order valence-electron chi connectivity index (χ3n) is 3.73. The molecule has 1 saturated carbocycles. The molecular formula is C16H26N2O. The fourth-order valence-corrected chi connectivity index (χ4v) is 2.40. The van der Waals surface area contributed by atoms with Gasteiger partial charge in [0.25, 0.3) is 0 Å². The summed E-state index contributed by atoms with van der Waals surface area (Å²) in [4.78, 5) is 13.9. The van der Waals surface area contributed by atoms with Crippen molar-refractivity contribution in [2.45, 2.75) is 45.6 Å². The quantitative estimate of drug-likeness (QED) is 0.453. The van der Waals surface area contributed by atoms with Crippen LogP contribution in [0, 0.1) is 0 Å². The molecule has 0 aliphatic heterocycles. The molecule has 1 aliphatic carbocycles. The number of hydrogen-bond donors (Lipinski definition) is 1. The van der Waals surface area contributed by atoms with Gasteiger partial charge in [0.2, 0.25) is 5.91 Å². The first kappa shape index (κ1) is 15.5. The van der Waals surface area contributed by atoms with Gasteiger partial charge in [-0.2, -0.15) is 0 Å². The molecule has 1 rings (SSSR count). The Morgan fingerprint density at radius 3 is 2.63 bits per heavy atom. The van der Waals surface area contributed by atoms with Crippen LogP contribution in [-0.4, -0.2) is 30.4 Å². The van der Waals surface area contributed by atoms with Crippen molar-refractivity contribution in [2.75, 3.05) is 13.6 Å². The molecule has 0 atom stereocenters. The molecule has 1 aliphatic rings. The standard InChI is InChI=1S/C16H26N2O/c1-5-6-11-17-16(19)12-13(2)14(3)18(4)15-9-7-8-10-15/h5-6,12,15H,3,7-11H2,1-2,4H3,(H,17,19)/b6-5-,13-12+. The minimum atomic E-state index is -0.0587. The molecule has 0 spiro atoms. The van der Waals surface area contributed by atoms with Gasteiger partial charge in [-0.15, -0.1) is 0 Å². The normalized spacial score (nSPS) is 16.9. The minimum Gasteiger partial charge on any atom is -0.372 e. The van der Waals surface area contributed by atoms with Gasteiger partial charge in [0.15, 0.2) is 0 Å². The Morgan fingerprint density at radius 1 is 1.42 bits per heavy atom. The molecule has 0 aromatic rings. The molecule has 0 heterocycles. The Bertz CT molecular complexity index is 376. The van der Waals surface area contributed by atoms with E-state index in [0.29, 0.717) is 12.6 Å². The zero-order valence-electron chi connectivity index (χ0n) is 12.4. The van der Waals surface area contributed by atoms with Gasteiger partial charge in [-0.3, -0.25) is 4.79 Å². The number of hydrogen-bond acceptors (Lipinski definition) is 2. The Labute approximate surface area is 117 Å². The lowest BCUT2D eigenvalue weighted by atomic mass is 10.1. The highest BCUT2D eigenvalue weighted by Gasteiger charge is 2.20. The maximum atomic E-state index is 11.7. The second kappa shape index (κ2) is 7.82. The lowest BCUT2D eigenvalue weighted by Gasteiger charge is -2.28. The van der Waals surface area contributed by atoms with Gasteiger partial charge >= 0.3 is 0 Å². The van der Waals surface area contributed by atoms with Crippen LogP contribution in [0.15, 0.2) is 36.1 Å². The average molecular weight is 262 g/mol. The molecule has 0 saturated heterocycles. The molecule has 0 bridgehead atoms. The summed E-state index contributed by atoms with van der Waals surface area (Å²) in [5, 5.41) is 2.82. The van der Waals surface area contributed by atoms with E-state index in [0.717, 1.165) is 11.3 Å². The van der Waals surface area contributed by atoms with Crippen LogP contribution in [0.25, 0.3) is 0 Å². The molecule has 3 heteroatoms. The predicted octanol–water partition coefficient (Wildman–Crippen LogP) is 3.01. The van der Waals surface area contributed by atoms with E-state index >= 15 is 0 Å². The van der Waals surface area contributed by atoms with E-state index in [1.165, 1.54) is 25.7 Å². The molecule has 1 fully saturated rings. The maximum absolute atomic E-state index is 11.7. The second-order valence-electron chi connectivity index (χ2n) is 5.14. The van der Waals surface area contributed by atoms with Crippen LogP contribution in [0.5, 0.6) is 0 Å². The zero-order chi connectivity index (χ0) is 14.3. The van der Waals surface area contributed by atoms with Crippen molar-refractivity contribution in [1.82, 2.24) is 10.2 Å². The summed E-state index contributed by atoms with van der Waals surface area (Å²) in [5.74, 6) is -0.0587. The lowest BCUT2D eigenvalue weighted by molar-refractivity contribution is -0.116. The van der Waals surface area contributed by atoms with Crippen LogP contribution in [0.1, 0.15) is 39.5 Å². The summed E-state index contributed by atoms with van der Waals surface area (Å²) in [6, 6.07) is 0.585. The highest BCUT2D eigenvalue weighted by Crippen LogP contribution is 2.26. The maximum Gasteiger partial charge on any atom is 0.244 e. The van der Waals surface area contributed by atoms with Crippen molar-refractivity contribution in [3.63, 3.8) is 0 Å². The molecule has 0 radical (unpaired) electrons. The smallest absolute Gasteiger partial charge is 0.244 e. The number of likely N-dealkylation sites (N-methyl/N-ethyl adjacent to an activating group) is 1. The summed E-state index contributed by atoms with van der Waals surface area (Å²) in [7, 11) is 2.08. The summed E-state index contributed by atoms with van der Waals surface area (Å²) in [5.41, 5.74) is 1.89. The number of carbonyl (C=O) groups is 1. The van der Waals surface area contributed by atoms with E-state index in [2.05, 4.69) is 23.8 Å². The molecule has 1 N–H and O–H groups in total. The molecule has 0 aromatic carbocycles. The van der Waals surface area contributed by atoms with Gasteiger partial charge in [-0.05, 0) is 32.3 Å². The lowest BCUT2D eigenvalue weighted by Crippen LogP contribution is -2.29. The fourth-order valence-electron chi connectivity index (χ4n) is 2.40. The first-order valence-corrected chi connectivity index (χ1v) is 7.05. The van der Waals surface area contributed by atoms with Crippen molar-refractivity contribution in [3.8, 4) is 0 Å². The minimum absolute atomic E-state index is 0.0587. The zero-order valence-corrected chi connectivity index (χ0v) is 12.4. The summed E-state index contributed by atoms with van der Waals surface area (Å²) in [6.45, 7) is 8.57. The van der Waals surface area contributed by atoms with Crippen LogP contribution in [-0.2, 0) is 4.79 Å². The van der Waals surface area contributed by atoms with E-state index in [1.807, 2.05) is 26.0 Å². The van der Waals surface area contributed by atoms with E-state index in [-0.39, 0.29) is 5.91 Å². The van der Waals surface area contributed by atoms with Crippen molar-refractivity contribution >= 4 is 5.91 Å². The molecule has 3 nitrogen and oxygen atoms in total. The predicted molar refractivity (Wildman–Crippen MR) is 80.7 cm³/mol. The number of amides is 1. The van der Waals surface area contributed by atoms with E-state index in [9.17, 15) is 4.79 Å². The fraction of sp³-hybridized carbons (Fsp3) is 0.562. The molecule has 0 unspecified atom stereocenters. The van der Waals surface area contributed by atoms with Crippen LogP contribution in [0.4, 0.5) is 0 Å². The second-order valence-corrected chi connectivity index (χ2v) is 5.14. The van der Waals surface area contributed by atoms with E-state index in [1.54, 1.807) is 6.08 Å². The summed E-state index contributed by atoms with van der Waals surface area (Å²) < 4.78 is 0. The van der Waals surface area contributed by atoms with Crippen molar-refractivity contribution in [2.24, 2.45) is 0 Å². The largest absolute Gasteiger partial charge is 0.372 e. The number of nitrogens with one attached hydrogen (secondary N) is 1. The highest BCUT2D eigenvalue weighted by atomic mass is 16.1. The first-order chi connectivity index (χ1) is 9.06. The van der Waals surface area contributed by atoms with Gasteiger partial charge in [0.05, 0.1) is 0 Å². The highest BCUT2D eigenvalue weighted by molar-refractivity contribution is 5.88. The SMILES string of the molecule is C=C(/C(C)=C/C(=O)NC/C=C\C)N(C)C1CCCC1. The molecule has 106 valence electrons. The Balaban J connectivity index is 2.52. The monoisotopic (exact) mass is 262 g/mol. The third-order valence-corrected chi connectivity index (χ3v) is 3.73. The van der Waals surface area contributed by atoms with Crippen LogP contribution < -0.4 is 5.32 Å². The van der Waals surface area contributed by atoms with Gasteiger partial charge in [0, 0.05) is 31.4 Å².